The lowest BCUT2D eigenvalue weighted by Crippen LogP contribution is -2.32. The van der Waals surface area contributed by atoms with Crippen LogP contribution < -0.4 is 0 Å². The quantitative estimate of drug-likeness (QED) is 0.573. The first-order valence-corrected chi connectivity index (χ1v) is 5.92. The third-order valence-electron chi connectivity index (χ3n) is 1.91. The molecule has 102 valence electrons. The molecule has 0 aliphatic rings. The molecule has 18 heavy (non-hydrogen) atoms. The van der Waals surface area contributed by atoms with E-state index < -0.39 is 11.0 Å². The Morgan fingerprint density at radius 2 is 1.61 bits per heavy atom. The minimum absolute atomic E-state index is 0.0841. The minimum atomic E-state index is -1.13. The molecule has 1 unspecified atom stereocenters. The molecule has 0 bridgehead atoms. The summed E-state index contributed by atoms with van der Waals surface area (Å²) in [5.41, 5.74) is -2.07. The van der Waals surface area contributed by atoms with E-state index in [1.807, 2.05) is 26.8 Å². The molecule has 0 fully saturated rings. The number of ether oxygens (including phenoxy) is 1. The maximum absolute atomic E-state index is 11.6. The van der Waals surface area contributed by atoms with Crippen molar-refractivity contribution in [3.8, 4) is 6.07 Å². The van der Waals surface area contributed by atoms with E-state index in [0.29, 0.717) is 0 Å². The summed E-state index contributed by atoms with van der Waals surface area (Å²) in [6.45, 7) is 12.4. The molecule has 5 heteroatoms. The SMILES string of the molecule is CC(C)(C)/N=N/C(C)(C#N)COC(=O)C(C)(C)C. The van der Waals surface area contributed by atoms with Crippen LogP contribution in [0.2, 0.25) is 0 Å². The number of azo groups is 1. The summed E-state index contributed by atoms with van der Waals surface area (Å²) in [5.74, 6) is -0.352. The molecule has 0 saturated carbocycles. The molecule has 0 aromatic heterocycles. The highest BCUT2D eigenvalue weighted by molar-refractivity contribution is 5.75. The Balaban J connectivity index is 4.67. The summed E-state index contributed by atoms with van der Waals surface area (Å²) < 4.78 is 5.11. The molecule has 0 aliphatic heterocycles. The molecule has 0 aromatic carbocycles. The molecule has 0 aliphatic carbocycles. The van der Waals surface area contributed by atoms with Crippen molar-refractivity contribution in [1.82, 2.24) is 0 Å². The highest BCUT2D eigenvalue weighted by Gasteiger charge is 2.30. The van der Waals surface area contributed by atoms with Crippen LogP contribution in [0, 0.1) is 16.7 Å². The largest absolute Gasteiger partial charge is 0.461 e. The summed E-state index contributed by atoms with van der Waals surface area (Å²) in [4.78, 5) is 11.6. The van der Waals surface area contributed by atoms with Gasteiger partial charge in [-0.3, -0.25) is 4.79 Å². The zero-order chi connectivity index (χ0) is 14.6. The number of carbonyl (C=O) groups excluding carboxylic acids is 1. The van der Waals surface area contributed by atoms with Gasteiger partial charge in [0, 0.05) is 0 Å². The molecule has 0 heterocycles. The lowest BCUT2D eigenvalue weighted by atomic mass is 9.97. The van der Waals surface area contributed by atoms with Crippen LogP contribution in [-0.2, 0) is 9.53 Å². The van der Waals surface area contributed by atoms with Crippen molar-refractivity contribution in [3.63, 3.8) is 0 Å². The molecular weight excluding hydrogens is 230 g/mol. The van der Waals surface area contributed by atoms with Crippen LogP contribution in [0.4, 0.5) is 0 Å². The van der Waals surface area contributed by atoms with Gasteiger partial charge in [0.15, 0.2) is 5.54 Å². The number of rotatable bonds is 3. The van der Waals surface area contributed by atoms with Crippen LogP contribution in [0.5, 0.6) is 0 Å². The van der Waals surface area contributed by atoms with Gasteiger partial charge in [0.05, 0.1) is 17.0 Å². The number of nitrogens with zero attached hydrogens (tertiary/aromatic N) is 3. The number of carbonyl (C=O) groups is 1. The summed E-state index contributed by atoms with van der Waals surface area (Å²) in [5, 5.41) is 17.1. The maximum atomic E-state index is 11.6. The van der Waals surface area contributed by atoms with Crippen LogP contribution in [0.3, 0.4) is 0 Å². The monoisotopic (exact) mass is 253 g/mol. The molecule has 0 radical (unpaired) electrons. The van der Waals surface area contributed by atoms with Gasteiger partial charge in [0.25, 0.3) is 0 Å². The van der Waals surface area contributed by atoms with E-state index in [9.17, 15) is 4.79 Å². The van der Waals surface area contributed by atoms with E-state index in [2.05, 4.69) is 10.2 Å². The van der Waals surface area contributed by atoms with Crippen molar-refractivity contribution in [1.29, 1.82) is 5.26 Å². The third kappa shape index (κ3) is 6.33. The highest BCUT2D eigenvalue weighted by atomic mass is 16.5. The lowest BCUT2D eigenvalue weighted by molar-refractivity contribution is -0.154. The molecule has 0 rings (SSSR count). The lowest BCUT2D eigenvalue weighted by Gasteiger charge is -2.21. The molecular formula is C13H23N3O2. The van der Waals surface area contributed by atoms with Gasteiger partial charge in [-0.15, -0.1) is 0 Å². The Labute approximate surface area is 109 Å². The van der Waals surface area contributed by atoms with E-state index in [1.54, 1.807) is 27.7 Å². The molecule has 0 spiro atoms. The second kappa shape index (κ2) is 5.47. The van der Waals surface area contributed by atoms with Crippen LogP contribution in [0.15, 0.2) is 10.2 Å². The van der Waals surface area contributed by atoms with Gasteiger partial charge in [-0.2, -0.15) is 15.5 Å². The van der Waals surface area contributed by atoms with Gasteiger partial charge >= 0.3 is 5.97 Å². The van der Waals surface area contributed by atoms with Crippen molar-refractivity contribution >= 4 is 5.97 Å². The Bertz CT molecular complexity index is 369. The topological polar surface area (TPSA) is 74.8 Å². The first-order chi connectivity index (χ1) is 7.90. The highest BCUT2D eigenvalue weighted by Crippen LogP contribution is 2.19. The van der Waals surface area contributed by atoms with Gasteiger partial charge in [0.2, 0.25) is 0 Å². The first kappa shape index (κ1) is 16.6. The molecule has 0 saturated heterocycles. The minimum Gasteiger partial charge on any atom is -0.461 e. The van der Waals surface area contributed by atoms with Crippen molar-refractivity contribution in [3.05, 3.63) is 0 Å². The van der Waals surface area contributed by atoms with Gasteiger partial charge in [-0.05, 0) is 48.5 Å². The predicted octanol–water partition coefficient (Wildman–Crippen LogP) is 3.11. The van der Waals surface area contributed by atoms with E-state index >= 15 is 0 Å². The Kier molecular flexibility index (Phi) is 5.03. The number of hydrogen-bond donors (Lipinski definition) is 0. The summed E-state index contributed by atoms with van der Waals surface area (Å²) in [6, 6.07) is 2.02. The van der Waals surface area contributed by atoms with E-state index in [1.165, 1.54) is 0 Å². The normalized spacial score (nSPS) is 16.1. The third-order valence-corrected chi connectivity index (χ3v) is 1.91. The van der Waals surface area contributed by atoms with Crippen LogP contribution >= 0.6 is 0 Å². The summed E-state index contributed by atoms with van der Waals surface area (Å²) in [6.07, 6.45) is 0. The van der Waals surface area contributed by atoms with E-state index in [-0.39, 0.29) is 18.1 Å². The Morgan fingerprint density at radius 3 is 1.94 bits per heavy atom. The van der Waals surface area contributed by atoms with Crippen LogP contribution in [0.25, 0.3) is 0 Å². The van der Waals surface area contributed by atoms with Crippen LogP contribution in [0.1, 0.15) is 48.5 Å². The Morgan fingerprint density at radius 1 is 1.11 bits per heavy atom. The number of nitriles is 1. The second-order valence-electron chi connectivity index (χ2n) is 6.58. The van der Waals surface area contributed by atoms with Crippen LogP contribution in [-0.4, -0.2) is 23.7 Å². The average molecular weight is 253 g/mol. The second-order valence-corrected chi connectivity index (χ2v) is 6.58. The Hall–Kier alpha value is -1.44. The first-order valence-electron chi connectivity index (χ1n) is 5.92. The summed E-state index contributed by atoms with van der Waals surface area (Å²) in [7, 11) is 0. The van der Waals surface area contributed by atoms with Crippen molar-refractivity contribution < 1.29 is 9.53 Å². The number of hydrogen-bond acceptors (Lipinski definition) is 5. The molecule has 0 N–H and O–H groups in total. The van der Waals surface area contributed by atoms with E-state index in [0.717, 1.165) is 0 Å². The fourth-order valence-electron chi connectivity index (χ4n) is 0.766. The zero-order valence-electron chi connectivity index (χ0n) is 12.4. The van der Waals surface area contributed by atoms with Crippen molar-refractivity contribution in [2.45, 2.75) is 59.5 Å². The van der Waals surface area contributed by atoms with Gasteiger partial charge in [0.1, 0.15) is 6.61 Å². The fourth-order valence-corrected chi connectivity index (χ4v) is 0.766. The van der Waals surface area contributed by atoms with Crippen molar-refractivity contribution in [2.75, 3.05) is 6.61 Å². The van der Waals surface area contributed by atoms with Crippen molar-refractivity contribution in [2.24, 2.45) is 15.6 Å². The molecule has 1 atom stereocenters. The standard InChI is InChI=1S/C13H23N3O2/c1-11(2,3)10(17)18-9-13(7,8-14)16-15-12(4,5)6/h9H2,1-7H3/b16-15+. The smallest absolute Gasteiger partial charge is 0.311 e. The predicted molar refractivity (Wildman–Crippen MR) is 69.0 cm³/mol. The maximum Gasteiger partial charge on any atom is 0.311 e. The van der Waals surface area contributed by atoms with Gasteiger partial charge in [-0.1, -0.05) is 0 Å². The molecule has 5 nitrogen and oxygen atoms in total. The number of esters is 1. The van der Waals surface area contributed by atoms with Gasteiger partial charge < -0.3 is 4.74 Å². The molecule has 0 amide bonds. The zero-order valence-corrected chi connectivity index (χ0v) is 12.4. The van der Waals surface area contributed by atoms with E-state index in [4.69, 9.17) is 10.00 Å². The average Bonchev–Trinajstić information content (AvgIpc) is 2.21. The fraction of sp³-hybridized carbons (Fsp3) is 0.846. The molecule has 0 aromatic rings. The summed E-state index contributed by atoms with van der Waals surface area (Å²) >= 11 is 0. The van der Waals surface area contributed by atoms with Gasteiger partial charge in [-0.25, -0.2) is 0 Å².